The number of aromatic hydroxyl groups is 1. The fourth-order valence-electron chi connectivity index (χ4n) is 3.12. The van der Waals surface area contributed by atoms with E-state index < -0.39 is 34.8 Å². The molecule has 0 aliphatic carbocycles. The Morgan fingerprint density at radius 2 is 1.82 bits per heavy atom. The molecule has 148 valence electrons. The number of rotatable bonds is 4. The van der Waals surface area contributed by atoms with Crippen LogP contribution in [0.25, 0.3) is 0 Å². The number of carbonyl (C=O) groups excluding carboxylic acids is 2. The number of carbonyl (C=O) groups is 2. The van der Waals surface area contributed by atoms with Crippen LogP contribution in [0.15, 0.2) is 30.3 Å². The molecule has 0 saturated carbocycles. The van der Waals surface area contributed by atoms with Crippen molar-refractivity contribution in [3.8, 4) is 5.75 Å². The molecule has 1 amide bonds. The predicted octanol–water partition coefficient (Wildman–Crippen LogP) is 4.22. The number of halogens is 4. The van der Waals surface area contributed by atoms with Crippen molar-refractivity contribution < 1.29 is 32.3 Å². The van der Waals surface area contributed by atoms with E-state index in [0.29, 0.717) is 19.2 Å². The first-order valence-corrected chi connectivity index (χ1v) is 8.46. The summed E-state index contributed by atoms with van der Waals surface area (Å²) in [5.41, 5.74) is -1.71. The van der Waals surface area contributed by atoms with E-state index in [1.54, 1.807) is 4.90 Å². The van der Waals surface area contributed by atoms with Gasteiger partial charge in [-0.15, -0.1) is 0 Å². The molecule has 1 aliphatic heterocycles. The fourth-order valence-corrected chi connectivity index (χ4v) is 3.12. The highest BCUT2D eigenvalue weighted by Gasteiger charge is 2.36. The highest BCUT2D eigenvalue weighted by molar-refractivity contribution is 6.05. The molecule has 1 heterocycles. The molecule has 0 unspecified atom stereocenters. The first kappa shape index (κ1) is 19.7. The van der Waals surface area contributed by atoms with Gasteiger partial charge in [-0.1, -0.05) is 0 Å². The lowest BCUT2D eigenvalue weighted by Gasteiger charge is -2.23. The van der Waals surface area contributed by atoms with E-state index in [9.17, 15) is 32.3 Å². The lowest BCUT2D eigenvalue weighted by molar-refractivity contribution is -0.137. The summed E-state index contributed by atoms with van der Waals surface area (Å²) >= 11 is 0. The van der Waals surface area contributed by atoms with Gasteiger partial charge in [0.25, 0.3) is 5.91 Å². The highest BCUT2D eigenvalue weighted by Crippen LogP contribution is 2.39. The number of nitrogens with zero attached hydrogens (tertiary/aromatic N) is 1. The molecule has 1 fully saturated rings. The van der Waals surface area contributed by atoms with Gasteiger partial charge in [-0.2, -0.15) is 13.2 Å². The van der Waals surface area contributed by atoms with Crippen molar-refractivity contribution in [2.45, 2.75) is 19.0 Å². The van der Waals surface area contributed by atoms with Crippen molar-refractivity contribution in [3.63, 3.8) is 0 Å². The molecule has 0 radical (unpaired) electrons. The van der Waals surface area contributed by atoms with Gasteiger partial charge in [-0.25, -0.2) is 4.39 Å². The van der Waals surface area contributed by atoms with Crippen molar-refractivity contribution in [2.24, 2.45) is 0 Å². The molecule has 1 saturated heterocycles. The summed E-state index contributed by atoms with van der Waals surface area (Å²) < 4.78 is 54.1. The van der Waals surface area contributed by atoms with Crippen molar-refractivity contribution in [2.75, 3.05) is 23.3 Å². The van der Waals surface area contributed by atoms with Gasteiger partial charge in [0.1, 0.15) is 0 Å². The van der Waals surface area contributed by atoms with Gasteiger partial charge in [-0.05, 0) is 43.2 Å². The van der Waals surface area contributed by atoms with Gasteiger partial charge in [0.15, 0.2) is 17.9 Å². The van der Waals surface area contributed by atoms with Crippen LogP contribution in [0.3, 0.4) is 0 Å². The molecule has 28 heavy (non-hydrogen) atoms. The second-order valence-corrected chi connectivity index (χ2v) is 6.39. The minimum Gasteiger partial charge on any atom is -0.504 e. The number of nitrogens with one attached hydrogen (secondary N) is 1. The Bertz CT molecular complexity index is 922. The Morgan fingerprint density at radius 3 is 2.43 bits per heavy atom. The van der Waals surface area contributed by atoms with Crippen LogP contribution < -0.4 is 10.2 Å². The van der Waals surface area contributed by atoms with E-state index in [1.807, 2.05) is 0 Å². The van der Waals surface area contributed by atoms with E-state index in [2.05, 4.69) is 5.32 Å². The molecule has 0 bridgehead atoms. The van der Waals surface area contributed by atoms with Crippen LogP contribution in [0.4, 0.5) is 28.9 Å². The van der Waals surface area contributed by atoms with Crippen LogP contribution in [0.1, 0.15) is 39.1 Å². The number of alkyl halides is 3. The molecule has 5 nitrogen and oxygen atoms in total. The minimum atomic E-state index is -4.62. The Balaban J connectivity index is 1.91. The minimum absolute atomic E-state index is 0.0434. The molecule has 2 aromatic rings. The molecular weight excluding hydrogens is 380 g/mol. The summed E-state index contributed by atoms with van der Waals surface area (Å²) in [5.74, 6) is -3.00. The third kappa shape index (κ3) is 3.92. The Kier molecular flexibility index (Phi) is 5.26. The van der Waals surface area contributed by atoms with Crippen molar-refractivity contribution in [1.29, 1.82) is 0 Å². The van der Waals surface area contributed by atoms with Gasteiger partial charge in [0, 0.05) is 30.0 Å². The number of hydrogen-bond donors (Lipinski definition) is 2. The van der Waals surface area contributed by atoms with Crippen LogP contribution in [-0.4, -0.2) is 30.4 Å². The summed E-state index contributed by atoms with van der Waals surface area (Å²) in [6.07, 6.45) is -2.84. The summed E-state index contributed by atoms with van der Waals surface area (Å²) in [6, 6.07) is 5.09. The topological polar surface area (TPSA) is 69.6 Å². The zero-order chi connectivity index (χ0) is 20.5. The summed E-state index contributed by atoms with van der Waals surface area (Å²) in [5, 5.41) is 11.7. The number of anilines is 2. The van der Waals surface area contributed by atoms with Gasteiger partial charge < -0.3 is 15.3 Å². The predicted molar refractivity (Wildman–Crippen MR) is 94.3 cm³/mol. The van der Waals surface area contributed by atoms with E-state index >= 15 is 0 Å². The molecule has 0 aromatic heterocycles. The number of hydrogen-bond acceptors (Lipinski definition) is 4. The van der Waals surface area contributed by atoms with Crippen LogP contribution in [0.5, 0.6) is 5.75 Å². The molecule has 1 aliphatic rings. The summed E-state index contributed by atoms with van der Waals surface area (Å²) in [4.78, 5) is 24.8. The summed E-state index contributed by atoms with van der Waals surface area (Å²) in [6.45, 7) is 1.05. The van der Waals surface area contributed by atoms with Gasteiger partial charge >= 0.3 is 6.18 Å². The average Bonchev–Trinajstić information content (AvgIpc) is 3.17. The normalized spacial score (nSPS) is 14.2. The Labute approximate surface area is 157 Å². The van der Waals surface area contributed by atoms with Crippen LogP contribution in [0, 0.1) is 5.82 Å². The highest BCUT2D eigenvalue weighted by atomic mass is 19.4. The molecule has 2 N–H and O–H groups in total. The molecule has 3 rings (SSSR count). The zero-order valence-corrected chi connectivity index (χ0v) is 14.5. The number of phenolic OH excluding ortho intramolecular Hbond substituents is 1. The molecule has 0 spiro atoms. The van der Waals surface area contributed by atoms with E-state index in [4.69, 9.17) is 0 Å². The number of aldehydes is 1. The van der Waals surface area contributed by atoms with Crippen molar-refractivity contribution in [3.05, 3.63) is 52.8 Å². The Morgan fingerprint density at radius 1 is 1.14 bits per heavy atom. The quantitative estimate of drug-likeness (QED) is 0.600. The third-order valence-corrected chi connectivity index (χ3v) is 4.49. The summed E-state index contributed by atoms with van der Waals surface area (Å²) in [7, 11) is 0. The second-order valence-electron chi connectivity index (χ2n) is 6.39. The van der Waals surface area contributed by atoms with Gasteiger partial charge in [-0.3, -0.25) is 9.59 Å². The van der Waals surface area contributed by atoms with Crippen molar-refractivity contribution in [1.82, 2.24) is 0 Å². The van der Waals surface area contributed by atoms with E-state index in [0.717, 1.165) is 25.0 Å². The smallest absolute Gasteiger partial charge is 0.418 e. The standard InChI is InChI=1S/C19H16F4N2O3/c20-15-8-11(7-12(10-26)17(15)27)18(28)24-13-3-4-16(25-5-1-2-6-25)14(9-13)19(21,22)23/h3-4,7-10,27H,1-2,5-6H2,(H,24,28). The monoisotopic (exact) mass is 396 g/mol. The van der Waals surface area contributed by atoms with E-state index in [1.165, 1.54) is 12.1 Å². The number of phenols is 1. The maximum atomic E-state index is 13.6. The molecule has 0 atom stereocenters. The Hall–Kier alpha value is -3.10. The average molecular weight is 396 g/mol. The van der Waals surface area contributed by atoms with Crippen molar-refractivity contribution >= 4 is 23.6 Å². The SMILES string of the molecule is O=Cc1cc(C(=O)Nc2ccc(N3CCCC3)c(C(F)(F)F)c2)cc(F)c1O. The van der Waals surface area contributed by atoms with Gasteiger partial charge in [0.2, 0.25) is 0 Å². The van der Waals surface area contributed by atoms with Crippen LogP contribution >= 0.6 is 0 Å². The largest absolute Gasteiger partial charge is 0.504 e. The zero-order valence-electron chi connectivity index (χ0n) is 14.5. The number of benzene rings is 2. The van der Waals surface area contributed by atoms with Gasteiger partial charge in [0.05, 0.1) is 11.1 Å². The van der Waals surface area contributed by atoms with Crippen LogP contribution in [0.2, 0.25) is 0 Å². The first-order valence-electron chi connectivity index (χ1n) is 8.46. The lowest BCUT2D eigenvalue weighted by Crippen LogP contribution is -2.22. The van der Waals surface area contributed by atoms with E-state index in [-0.39, 0.29) is 23.2 Å². The maximum absolute atomic E-state index is 13.6. The fraction of sp³-hybridized carbons (Fsp3) is 0.263. The maximum Gasteiger partial charge on any atom is 0.418 e. The number of amides is 1. The second kappa shape index (κ2) is 7.49. The molecule has 2 aromatic carbocycles. The van der Waals surface area contributed by atoms with Crippen LogP contribution in [-0.2, 0) is 6.18 Å². The lowest BCUT2D eigenvalue weighted by atomic mass is 10.1. The third-order valence-electron chi connectivity index (χ3n) is 4.49. The molecular formula is C19H16F4N2O3. The first-order chi connectivity index (χ1) is 13.2. The molecule has 9 heteroatoms.